The molecule has 0 aliphatic carbocycles. The molecule has 3 aromatic carbocycles. The SMILES string of the molecule is O=C(O)CCc1cccc(NC(=O)c2cc(Cl)cc(NC(=O)OCc3ccccc3)c2)c1. The Hall–Kier alpha value is -3.84. The van der Waals surface area contributed by atoms with Crippen molar-refractivity contribution in [2.45, 2.75) is 19.4 Å². The minimum atomic E-state index is -0.888. The number of rotatable bonds is 8. The fourth-order valence-electron chi connectivity index (χ4n) is 2.93. The Morgan fingerprint density at radius 2 is 1.59 bits per heavy atom. The van der Waals surface area contributed by atoms with Gasteiger partial charge in [-0.25, -0.2) is 4.79 Å². The quantitative estimate of drug-likeness (QED) is 0.427. The number of amides is 2. The second-order valence-corrected chi connectivity index (χ2v) is 7.40. The van der Waals surface area contributed by atoms with E-state index in [1.54, 1.807) is 24.3 Å². The second kappa shape index (κ2) is 11.0. The van der Waals surface area contributed by atoms with Gasteiger partial charge in [-0.3, -0.25) is 14.9 Å². The molecule has 0 spiro atoms. The summed E-state index contributed by atoms with van der Waals surface area (Å²) in [6.45, 7) is 0.110. The van der Waals surface area contributed by atoms with Gasteiger partial charge in [-0.15, -0.1) is 0 Å². The van der Waals surface area contributed by atoms with Gasteiger partial charge in [0.05, 0.1) is 0 Å². The molecule has 3 aromatic rings. The normalized spacial score (nSPS) is 10.3. The van der Waals surface area contributed by atoms with Gasteiger partial charge in [0.1, 0.15) is 6.61 Å². The van der Waals surface area contributed by atoms with Crippen molar-refractivity contribution in [1.29, 1.82) is 0 Å². The molecule has 0 fully saturated rings. The molecular weight excluding hydrogens is 432 g/mol. The maximum Gasteiger partial charge on any atom is 0.411 e. The molecule has 0 aromatic heterocycles. The van der Waals surface area contributed by atoms with Crippen LogP contribution in [0, 0.1) is 0 Å². The third kappa shape index (κ3) is 7.14. The van der Waals surface area contributed by atoms with Gasteiger partial charge in [0.2, 0.25) is 0 Å². The van der Waals surface area contributed by atoms with Crippen molar-refractivity contribution in [1.82, 2.24) is 0 Å². The van der Waals surface area contributed by atoms with Crippen LogP contribution in [0.1, 0.15) is 27.9 Å². The van der Waals surface area contributed by atoms with Crippen LogP contribution in [0.4, 0.5) is 16.2 Å². The molecule has 3 N–H and O–H groups in total. The number of anilines is 2. The topological polar surface area (TPSA) is 105 Å². The van der Waals surface area contributed by atoms with Crippen molar-refractivity contribution in [3.63, 3.8) is 0 Å². The molecule has 7 nitrogen and oxygen atoms in total. The molecule has 0 unspecified atom stereocenters. The van der Waals surface area contributed by atoms with E-state index in [-0.39, 0.29) is 23.6 Å². The molecule has 0 radical (unpaired) electrons. The minimum Gasteiger partial charge on any atom is -0.481 e. The number of ether oxygens (including phenoxy) is 1. The summed E-state index contributed by atoms with van der Waals surface area (Å²) in [6, 6.07) is 20.7. The Labute approximate surface area is 190 Å². The highest BCUT2D eigenvalue weighted by Gasteiger charge is 2.12. The van der Waals surface area contributed by atoms with Crippen LogP contribution in [-0.2, 0) is 22.6 Å². The van der Waals surface area contributed by atoms with Gasteiger partial charge in [-0.2, -0.15) is 0 Å². The fourth-order valence-corrected chi connectivity index (χ4v) is 3.16. The van der Waals surface area contributed by atoms with Crippen LogP contribution in [0.25, 0.3) is 0 Å². The van der Waals surface area contributed by atoms with Crippen molar-refractivity contribution in [3.8, 4) is 0 Å². The zero-order valence-electron chi connectivity index (χ0n) is 17.0. The lowest BCUT2D eigenvalue weighted by Crippen LogP contribution is -2.15. The summed E-state index contributed by atoms with van der Waals surface area (Å²) in [7, 11) is 0. The van der Waals surface area contributed by atoms with Crippen LogP contribution in [0.5, 0.6) is 0 Å². The summed E-state index contributed by atoms with van der Waals surface area (Å²) in [5.74, 6) is -1.32. The average molecular weight is 453 g/mol. The lowest BCUT2D eigenvalue weighted by atomic mass is 10.1. The summed E-state index contributed by atoms with van der Waals surface area (Å²) in [4.78, 5) is 35.5. The van der Waals surface area contributed by atoms with Gasteiger partial charge in [-0.05, 0) is 47.9 Å². The van der Waals surface area contributed by atoms with Gasteiger partial charge >= 0.3 is 12.1 Å². The number of carbonyl (C=O) groups excluding carboxylic acids is 2. The highest BCUT2D eigenvalue weighted by Crippen LogP contribution is 2.21. The van der Waals surface area contributed by atoms with E-state index in [0.29, 0.717) is 17.8 Å². The maximum atomic E-state index is 12.7. The van der Waals surface area contributed by atoms with Crippen LogP contribution < -0.4 is 10.6 Å². The van der Waals surface area contributed by atoms with Crippen molar-refractivity contribution in [3.05, 3.63) is 94.5 Å². The van der Waals surface area contributed by atoms with Crippen LogP contribution in [0.15, 0.2) is 72.8 Å². The molecule has 0 aliphatic rings. The van der Waals surface area contributed by atoms with E-state index in [1.165, 1.54) is 18.2 Å². The van der Waals surface area contributed by atoms with Crippen molar-refractivity contribution < 1.29 is 24.2 Å². The van der Waals surface area contributed by atoms with E-state index >= 15 is 0 Å². The standard InChI is InChI=1S/C24H21ClN2O5/c25-19-12-18(23(30)26-20-8-4-7-16(11-20)9-10-22(28)29)13-21(14-19)27-24(31)32-15-17-5-2-1-3-6-17/h1-8,11-14H,9-10,15H2,(H,26,30)(H,27,31)(H,28,29). The molecule has 8 heteroatoms. The number of aliphatic carboxylic acids is 1. The molecule has 32 heavy (non-hydrogen) atoms. The van der Waals surface area contributed by atoms with E-state index in [2.05, 4.69) is 10.6 Å². The maximum absolute atomic E-state index is 12.7. The second-order valence-electron chi connectivity index (χ2n) is 6.96. The molecule has 0 aliphatic heterocycles. The van der Waals surface area contributed by atoms with Gasteiger partial charge in [0, 0.05) is 28.4 Å². The van der Waals surface area contributed by atoms with Crippen LogP contribution in [0.3, 0.4) is 0 Å². The number of benzene rings is 3. The largest absolute Gasteiger partial charge is 0.481 e. The highest BCUT2D eigenvalue weighted by molar-refractivity contribution is 6.31. The van der Waals surface area contributed by atoms with Crippen molar-refractivity contribution >= 4 is 40.9 Å². The van der Waals surface area contributed by atoms with Crippen LogP contribution >= 0.6 is 11.6 Å². The van der Waals surface area contributed by atoms with Crippen molar-refractivity contribution in [2.24, 2.45) is 0 Å². The molecule has 164 valence electrons. The molecular formula is C24H21ClN2O5. The smallest absolute Gasteiger partial charge is 0.411 e. The van der Waals surface area contributed by atoms with Gasteiger partial charge in [0.25, 0.3) is 5.91 Å². The Bertz CT molecular complexity index is 1120. The fraction of sp³-hybridized carbons (Fsp3) is 0.125. The summed E-state index contributed by atoms with van der Waals surface area (Å²) in [5.41, 5.74) is 2.72. The predicted molar refractivity (Wildman–Crippen MR) is 122 cm³/mol. The van der Waals surface area contributed by atoms with E-state index in [1.807, 2.05) is 30.3 Å². The minimum absolute atomic E-state index is 0.00109. The van der Waals surface area contributed by atoms with E-state index in [9.17, 15) is 14.4 Å². The monoisotopic (exact) mass is 452 g/mol. The van der Waals surface area contributed by atoms with E-state index in [4.69, 9.17) is 21.4 Å². The first-order chi connectivity index (χ1) is 15.4. The number of carboxylic acids is 1. The summed E-state index contributed by atoms with van der Waals surface area (Å²) < 4.78 is 5.19. The zero-order valence-corrected chi connectivity index (χ0v) is 17.8. The number of aryl methyl sites for hydroxylation is 1. The number of halogens is 1. The predicted octanol–water partition coefficient (Wildman–Crippen LogP) is 5.36. The molecule has 0 saturated heterocycles. The first-order valence-corrected chi connectivity index (χ1v) is 10.2. The Morgan fingerprint density at radius 1 is 0.844 bits per heavy atom. The number of nitrogens with one attached hydrogen (secondary N) is 2. The van der Waals surface area contributed by atoms with Gasteiger partial charge in [0.15, 0.2) is 0 Å². The molecule has 0 atom stereocenters. The number of carboxylic acid groups (broad SMARTS) is 1. The summed E-state index contributed by atoms with van der Waals surface area (Å²) in [6.07, 6.45) is -0.315. The Kier molecular flexibility index (Phi) is 7.83. The molecule has 0 bridgehead atoms. The third-order valence-electron chi connectivity index (χ3n) is 4.43. The molecule has 2 amide bonds. The average Bonchev–Trinajstić information content (AvgIpc) is 2.77. The Morgan fingerprint density at radius 3 is 2.34 bits per heavy atom. The Balaban J connectivity index is 1.63. The highest BCUT2D eigenvalue weighted by atomic mass is 35.5. The molecule has 0 saturated carbocycles. The lowest BCUT2D eigenvalue weighted by Gasteiger charge is -2.11. The molecule has 3 rings (SSSR count). The van der Waals surface area contributed by atoms with Crippen LogP contribution in [0.2, 0.25) is 5.02 Å². The first kappa shape index (κ1) is 22.8. The lowest BCUT2D eigenvalue weighted by molar-refractivity contribution is -0.136. The van der Waals surface area contributed by atoms with E-state index in [0.717, 1.165) is 11.1 Å². The van der Waals surface area contributed by atoms with Gasteiger partial charge < -0.3 is 15.2 Å². The summed E-state index contributed by atoms with van der Waals surface area (Å²) >= 11 is 6.12. The first-order valence-electron chi connectivity index (χ1n) is 9.79. The van der Waals surface area contributed by atoms with Crippen molar-refractivity contribution in [2.75, 3.05) is 10.6 Å². The van der Waals surface area contributed by atoms with Gasteiger partial charge in [-0.1, -0.05) is 54.1 Å². The van der Waals surface area contributed by atoms with E-state index < -0.39 is 18.0 Å². The van der Waals surface area contributed by atoms with Crippen LogP contribution in [-0.4, -0.2) is 23.1 Å². The third-order valence-corrected chi connectivity index (χ3v) is 4.65. The summed E-state index contributed by atoms with van der Waals surface area (Å²) in [5, 5.41) is 14.4. The number of carbonyl (C=O) groups is 3. The number of hydrogen-bond donors (Lipinski definition) is 3. The number of hydrogen-bond acceptors (Lipinski definition) is 4. The molecule has 0 heterocycles. The zero-order chi connectivity index (χ0) is 22.9.